The summed E-state index contributed by atoms with van der Waals surface area (Å²) in [6.45, 7) is 4.40. The Kier molecular flexibility index (Phi) is 5.93. The highest BCUT2D eigenvalue weighted by Crippen LogP contribution is 2.14. The third-order valence-corrected chi connectivity index (χ3v) is 4.20. The number of amides is 1. The molecule has 3 rings (SSSR count). The molecule has 3 aromatic rings. The molecule has 0 N–H and O–H groups in total. The summed E-state index contributed by atoms with van der Waals surface area (Å²) in [5, 5.41) is 0. The smallest absolute Gasteiger partial charge is 0.254 e. The number of hydrogen-bond acceptors (Lipinski definition) is 2. The van der Waals surface area contributed by atoms with Crippen molar-refractivity contribution in [2.75, 3.05) is 6.54 Å². The van der Waals surface area contributed by atoms with Gasteiger partial charge in [-0.3, -0.25) is 4.79 Å². The number of halogens is 3. The molecule has 0 bridgehead atoms. The van der Waals surface area contributed by atoms with Crippen molar-refractivity contribution in [2.45, 2.75) is 13.1 Å². The highest BCUT2D eigenvalue weighted by molar-refractivity contribution is 5.94. The van der Waals surface area contributed by atoms with Crippen LogP contribution in [-0.4, -0.2) is 26.9 Å². The summed E-state index contributed by atoms with van der Waals surface area (Å²) < 4.78 is 41.4. The fourth-order valence-corrected chi connectivity index (χ4v) is 2.79. The lowest BCUT2D eigenvalue weighted by Crippen LogP contribution is -2.32. The van der Waals surface area contributed by atoms with E-state index in [9.17, 15) is 18.0 Å². The van der Waals surface area contributed by atoms with Crippen molar-refractivity contribution in [3.05, 3.63) is 102 Å². The largest absolute Gasteiger partial charge is 0.329 e. The van der Waals surface area contributed by atoms with Gasteiger partial charge in [0.15, 0.2) is 11.6 Å². The number of carbonyl (C=O) groups is 1. The molecular formula is C21H18F3N3O. The van der Waals surface area contributed by atoms with E-state index < -0.39 is 17.5 Å². The molecular weight excluding hydrogens is 367 g/mol. The minimum atomic E-state index is -0.918. The van der Waals surface area contributed by atoms with Crippen molar-refractivity contribution in [2.24, 2.45) is 0 Å². The van der Waals surface area contributed by atoms with E-state index in [0.717, 1.165) is 12.1 Å². The first-order valence-electron chi connectivity index (χ1n) is 8.57. The van der Waals surface area contributed by atoms with Gasteiger partial charge in [0.05, 0.1) is 6.54 Å². The first-order valence-corrected chi connectivity index (χ1v) is 8.57. The van der Waals surface area contributed by atoms with Crippen LogP contribution in [0.25, 0.3) is 0 Å². The lowest BCUT2D eigenvalue weighted by Gasteiger charge is -2.21. The van der Waals surface area contributed by atoms with Gasteiger partial charge in [0.2, 0.25) is 0 Å². The molecule has 0 aliphatic carbocycles. The first-order chi connectivity index (χ1) is 13.5. The van der Waals surface area contributed by atoms with Crippen molar-refractivity contribution in [3.8, 4) is 0 Å². The van der Waals surface area contributed by atoms with Gasteiger partial charge in [0, 0.05) is 31.0 Å². The molecule has 0 radical (unpaired) electrons. The molecule has 1 aromatic heterocycles. The molecule has 0 aliphatic heterocycles. The van der Waals surface area contributed by atoms with E-state index in [4.69, 9.17) is 0 Å². The van der Waals surface area contributed by atoms with Crippen molar-refractivity contribution in [1.29, 1.82) is 0 Å². The molecule has 0 aliphatic rings. The Morgan fingerprint density at radius 2 is 1.86 bits per heavy atom. The quantitative estimate of drug-likeness (QED) is 0.573. The fraction of sp³-hybridized carbons (Fsp3) is 0.143. The van der Waals surface area contributed by atoms with Gasteiger partial charge >= 0.3 is 0 Å². The highest BCUT2D eigenvalue weighted by atomic mass is 19.2. The number of carbonyl (C=O) groups excluding carboxylic acids is 1. The minimum absolute atomic E-state index is 0.179. The predicted octanol–water partition coefficient (Wildman–Crippen LogP) is 4.18. The van der Waals surface area contributed by atoms with Crippen LogP contribution < -0.4 is 0 Å². The fourth-order valence-electron chi connectivity index (χ4n) is 2.79. The first kappa shape index (κ1) is 19.4. The summed E-state index contributed by atoms with van der Waals surface area (Å²) in [6.07, 6.45) is 4.86. The van der Waals surface area contributed by atoms with Gasteiger partial charge in [-0.2, -0.15) is 0 Å². The predicted molar refractivity (Wildman–Crippen MR) is 99.0 cm³/mol. The topological polar surface area (TPSA) is 38.1 Å². The van der Waals surface area contributed by atoms with Crippen molar-refractivity contribution < 1.29 is 18.0 Å². The molecule has 2 aromatic carbocycles. The van der Waals surface area contributed by atoms with Gasteiger partial charge in [0.1, 0.15) is 11.6 Å². The van der Waals surface area contributed by atoms with Crippen molar-refractivity contribution in [1.82, 2.24) is 14.5 Å². The standard InChI is InChI=1S/C21H18F3N3O/c1-2-10-27(21(28)16-4-6-17(22)7-5-16)14-20-25-9-11-26(20)13-15-3-8-18(23)19(24)12-15/h2-9,11-12H,1,10,13-14H2. The average molecular weight is 385 g/mol. The van der Waals surface area contributed by atoms with Gasteiger partial charge in [0.25, 0.3) is 5.91 Å². The molecule has 144 valence electrons. The van der Waals surface area contributed by atoms with Crippen LogP contribution in [0.2, 0.25) is 0 Å². The van der Waals surface area contributed by atoms with Gasteiger partial charge in [-0.05, 0) is 42.0 Å². The zero-order chi connectivity index (χ0) is 20.1. The van der Waals surface area contributed by atoms with E-state index in [1.165, 1.54) is 35.2 Å². The van der Waals surface area contributed by atoms with Crippen LogP contribution in [0.15, 0.2) is 67.5 Å². The maximum absolute atomic E-state index is 13.5. The second-order valence-electron chi connectivity index (χ2n) is 6.20. The Bertz CT molecular complexity index is 983. The lowest BCUT2D eigenvalue weighted by atomic mass is 10.2. The second-order valence-corrected chi connectivity index (χ2v) is 6.20. The Balaban J connectivity index is 1.79. The summed E-state index contributed by atoms with van der Waals surface area (Å²) in [6, 6.07) is 8.98. The number of nitrogens with zero attached hydrogens (tertiary/aromatic N) is 3. The van der Waals surface area contributed by atoms with E-state index in [2.05, 4.69) is 11.6 Å². The Hall–Kier alpha value is -3.35. The minimum Gasteiger partial charge on any atom is -0.329 e. The van der Waals surface area contributed by atoms with Crippen molar-refractivity contribution in [3.63, 3.8) is 0 Å². The molecule has 0 unspecified atom stereocenters. The maximum Gasteiger partial charge on any atom is 0.254 e. The second kappa shape index (κ2) is 8.56. The van der Waals surface area contributed by atoms with Crippen LogP contribution in [0.3, 0.4) is 0 Å². The molecule has 1 heterocycles. The zero-order valence-electron chi connectivity index (χ0n) is 15.0. The SMILES string of the molecule is C=CCN(Cc1nccn1Cc1ccc(F)c(F)c1)C(=O)c1ccc(F)cc1. The molecule has 28 heavy (non-hydrogen) atoms. The number of rotatable bonds is 7. The van der Waals surface area contributed by atoms with Crippen LogP contribution >= 0.6 is 0 Å². The zero-order valence-corrected chi connectivity index (χ0v) is 15.0. The summed E-state index contributed by atoms with van der Waals surface area (Å²) in [5.74, 6) is -1.96. The summed E-state index contributed by atoms with van der Waals surface area (Å²) in [5.41, 5.74) is 0.917. The maximum atomic E-state index is 13.5. The average Bonchev–Trinajstić information content (AvgIpc) is 3.11. The number of aromatic nitrogens is 2. The van der Waals surface area contributed by atoms with Crippen LogP contribution in [0, 0.1) is 17.5 Å². The molecule has 7 heteroatoms. The Morgan fingerprint density at radius 1 is 1.11 bits per heavy atom. The van der Waals surface area contributed by atoms with Gasteiger partial charge in [-0.15, -0.1) is 6.58 Å². The molecule has 1 amide bonds. The normalized spacial score (nSPS) is 10.7. The van der Waals surface area contributed by atoms with Crippen LogP contribution in [0.5, 0.6) is 0 Å². The molecule has 0 saturated carbocycles. The third-order valence-electron chi connectivity index (χ3n) is 4.20. The summed E-state index contributed by atoms with van der Waals surface area (Å²) >= 11 is 0. The summed E-state index contributed by atoms with van der Waals surface area (Å²) in [4.78, 5) is 18.5. The molecule has 4 nitrogen and oxygen atoms in total. The third kappa shape index (κ3) is 4.49. The summed E-state index contributed by atoms with van der Waals surface area (Å²) in [7, 11) is 0. The number of benzene rings is 2. The van der Waals surface area contributed by atoms with Gasteiger partial charge in [-0.1, -0.05) is 12.1 Å². The van der Waals surface area contributed by atoms with Crippen LogP contribution in [0.4, 0.5) is 13.2 Å². The highest BCUT2D eigenvalue weighted by Gasteiger charge is 2.17. The van der Waals surface area contributed by atoms with Gasteiger partial charge < -0.3 is 9.47 Å². The van der Waals surface area contributed by atoms with E-state index >= 15 is 0 Å². The van der Waals surface area contributed by atoms with Crippen LogP contribution in [-0.2, 0) is 13.1 Å². The molecule has 0 spiro atoms. The Morgan fingerprint density at radius 3 is 2.54 bits per heavy atom. The Labute approximate surface area is 160 Å². The van der Waals surface area contributed by atoms with E-state index in [0.29, 0.717) is 17.0 Å². The molecule has 0 fully saturated rings. The number of imidazole rings is 1. The molecule has 0 atom stereocenters. The van der Waals surface area contributed by atoms with E-state index in [1.54, 1.807) is 23.0 Å². The lowest BCUT2D eigenvalue weighted by molar-refractivity contribution is 0.0757. The molecule has 0 saturated heterocycles. The van der Waals surface area contributed by atoms with Gasteiger partial charge in [-0.25, -0.2) is 18.2 Å². The monoisotopic (exact) mass is 385 g/mol. The van der Waals surface area contributed by atoms with E-state index in [1.807, 2.05) is 0 Å². The van der Waals surface area contributed by atoms with Crippen molar-refractivity contribution >= 4 is 5.91 Å². The number of hydrogen-bond donors (Lipinski definition) is 0. The van der Waals surface area contributed by atoms with E-state index in [-0.39, 0.29) is 25.5 Å². The van der Waals surface area contributed by atoms with Crippen LogP contribution in [0.1, 0.15) is 21.7 Å².